The normalized spacial score (nSPS) is 17.6. The number of fused-ring (bicyclic) bond motifs is 1. The summed E-state index contributed by atoms with van der Waals surface area (Å²) in [5, 5.41) is 9.82. The number of nitrogens with one attached hydrogen (secondary N) is 2. The summed E-state index contributed by atoms with van der Waals surface area (Å²) < 4.78 is 2.19. The third kappa shape index (κ3) is 2.85. The maximum absolute atomic E-state index is 11.9. The molecule has 2 aromatic rings. The smallest absolute Gasteiger partial charge is 0.319 e. The van der Waals surface area contributed by atoms with Gasteiger partial charge in [-0.2, -0.15) is 0 Å². The van der Waals surface area contributed by atoms with Crippen molar-refractivity contribution in [2.24, 2.45) is 5.92 Å². The minimum atomic E-state index is -0.125. The minimum absolute atomic E-state index is 0.125. The summed E-state index contributed by atoms with van der Waals surface area (Å²) in [6.45, 7) is 3.68. The molecule has 0 saturated carbocycles. The number of imidazole rings is 1. The summed E-state index contributed by atoms with van der Waals surface area (Å²) in [6.07, 6.45) is 5.88. The van der Waals surface area contributed by atoms with Crippen molar-refractivity contribution in [1.29, 1.82) is 0 Å². The molecule has 0 aliphatic carbocycles. The predicted octanol–water partition coefficient (Wildman–Crippen LogP) is 2.64. The highest BCUT2D eigenvalue weighted by Gasteiger charge is 2.19. The summed E-state index contributed by atoms with van der Waals surface area (Å²) in [5.41, 5.74) is 2.00. The standard InChI is InChI=1S/C14H18N4OS/c1-10-8-20-9-12(10)17-14(19)16-7-11-2-4-18-5-3-15-13(18)6-11/h3,5,8-9,11H,2,4,6-7H2,1H3,(H2,16,17,19)/t11-/m1/s1. The van der Waals surface area contributed by atoms with Crippen LogP contribution in [0.1, 0.15) is 17.8 Å². The number of thiophene rings is 1. The number of rotatable bonds is 3. The van der Waals surface area contributed by atoms with Crippen molar-refractivity contribution in [2.45, 2.75) is 26.3 Å². The average molecular weight is 290 g/mol. The number of aromatic nitrogens is 2. The van der Waals surface area contributed by atoms with Gasteiger partial charge >= 0.3 is 6.03 Å². The maximum Gasteiger partial charge on any atom is 0.319 e. The van der Waals surface area contributed by atoms with Gasteiger partial charge in [-0.3, -0.25) is 0 Å². The fraction of sp³-hybridized carbons (Fsp3) is 0.429. The number of amides is 2. The van der Waals surface area contributed by atoms with E-state index in [4.69, 9.17) is 0 Å². The third-order valence-corrected chi connectivity index (χ3v) is 4.57. The molecule has 1 aliphatic heterocycles. The van der Waals surface area contributed by atoms with Crippen LogP contribution in [0.3, 0.4) is 0 Å². The number of aryl methyl sites for hydroxylation is 2. The first kappa shape index (κ1) is 13.2. The van der Waals surface area contributed by atoms with Crippen LogP contribution in [0.2, 0.25) is 0 Å². The van der Waals surface area contributed by atoms with Gasteiger partial charge in [-0.05, 0) is 30.2 Å². The molecule has 0 unspecified atom stereocenters. The molecule has 0 spiro atoms. The van der Waals surface area contributed by atoms with E-state index in [1.165, 1.54) is 0 Å². The quantitative estimate of drug-likeness (QED) is 0.913. The van der Waals surface area contributed by atoms with E-state index in [1.807, 2.05) is 30.1 Å². The van der Waals surface area contributed by atoms with Crippen molar-refractivity contribution in [3.05, 3.63) is 34.5 Å². The van der Waals surface area contributed by atoms with Crippen LogP contribution in [0, 0.1) is 12.8 Å². The lowest BCUT2D eigenvalue weighted by Gasteiger charge is -2.23. The van der Waals surface area contributed by atoms with Crippen molar-refractivity contribution >= 4 is 23.1 Å². The van der Waals surface area contributed by atoms with Crippen LogP contribution in [-0.2, 0) is 13.0 Å². The van der Waals surface area contributed by atoms with Crippen LogP contribution in [0.5, 0.6) is 0 Å². The van der Waals surface area contributed by atoms with Gasteiger partial charge in [0.05, 0.1) is 5.69 Å². The molecule has 3 heterocycles. The highest BCUT2D eigenvalue weighted by molar-refractivity contribution is 7.08. The Bertz CT molecular complexity index is 604. The predicted molar refractivity (Wildman–Crippen MR) is 80.1 cm³/mol. The van der Waals surface area contributed by atoms with E-state index in [1.54, 1.807) is 11.3 Å². The van der Waals surface area contributed by atoms with Crippen LogP contribution in [0.4, 0.5) is 10.5 Å². The lowest BCUT2D eigenvalue weighted by atomic mass is 9.98. The van der Waals surface area contributed by atoms with Gasteiger partial charge in [0.25, 0.3) is 0 Å². The Kier molecular flexibility index (Phi) is 3.73. The highest BCUT2D eigenvalue weighted by Crippen LogP contribution is 2.20. The first-order chi connectivity index (χ1) is 9.72. The maximum atomic E-state index is 11.9. The van der Waals surface area contributed by atoms with E-state index < -0.39 is 0 Å². The van der Waals surface area contributed by atoms with Gasteiger partial charge in [-0.25, -0.2) is 9.78 Å². The summed E-state index contributed by atoms with van der Waals surface area (Å²) in [6, 6.07) is -0.125. The molecule has 20 heavy (non-hydrogen) atoms. The Morgan fingerprint density at radius 1 is 1.55 bits per heavy atom. The van der Waals surface area contributed by atoms with E-state index in [0.29, 0.717) is 12.5 Å². The fourth-order valence-corrected chi connectivity index (χ4v) is 3.26. The molecule has 3 rings (SSSR count). The Labute approximate surface area is 122 Å². The van der Waals surface area contributed by atoms with Gasteiger partial charge < -0.3 is 15.2 Å². The van der Waals surface area contributed by atoms with Gasteiger partial charge in [-0.1, -0.05) is 0 Å². The molecule has 1 aliphatic rings. The first-order valence-corrected chi connectivity index (χ1v) is 7.74. The van der Waals surface area contributed by atoms with Crippen molar-refractivity contribution in [2.75, 3.05) is 11.9 Å². The zero-order valence-corrected chi connectivity index (χ0v) is 12.2. The van der Waals surface area contributed by atoms with Crippen LogP contribution in [0.15, 0.2) is 23.2 Å². The van der Waals surface area contributed by atoms with Crippen molar-refractivity contribution in [3.8, 4) is 0 Å². The van der Waals surface area contributed by atoms with Gasteiger partial charge in [0, 0.05) is 37.3 Å². The number of urea groups is 1. The Balaban J connectivity index is 1.48. The lowest BCUT2D eigenvalue weighted by Crippen LogP contribution is -2.35. The van der Waals surface area contributed by atoms with Gasteiger partial charge in [0.15, 0.2) is 0 Å². The van der Waals surface area contributed by atoms with Gasteiger partial charge in [-0.15, -0.1) is 11.3 Å². The molecule has 2 N–H and O–H groups in total. The molecule has 0 radical (unpaired) electrons. The van der Waals surface area contributed by atoms with Crippen LogP contribution in [0.25, 0.3) is 0 Å². The fourth-order valence-electron chi connectivity index (χ4n) is 2.48. The largest absolute Gasteiger partial charge is 0.338 e. The second-order valence-electron chi connectivity index (χ2n) is 5.20. The first-order valence-electron chi connectivity index (χ1n) is 6.80. The molecule has 0 saturated heterocycles. The van der Waals surface area contributed by atoms with Crippen molar-refractivity contribution in [3.63, 3.8) is 0 Å². The molecule has 0 fully saturated rings. The molecular weight excluding hydrogens is 272 g/mol. The Hall–Kier alpha value is -1.82. The lowest BCUT2D eigenvalue weighted by molar-refractivity contribution is 0.248. The summed E-state index contributed by atoms with van der Waals surface area (Å²) in [4.78, 5) is 16.2. The number of carbonyl (C=O) groups excluding carboxylic acids is 1. The average Bonchev–Trinajstić information content (AvgIpc) is 3.05. The van der Waals surface area contributed by atoms with E-state index >= 15 is 0 Å². The Morgan fingerprint density at radius 3 is 3.25 bits per heavy atom. The number of hydrogen-bond donors (Lipinski definition) is 2. The number of nitrogens with zero attached hydrogens (tertiary/aromatic N) is 2. The molecule has 0 bridgehead atoms. The number of hydrogen-bond acceptors (Lipinski definition) is 3. The number of carbonyl (C=O) groups is 1. The summed E-state index contributed by atoms with van der Waals surface area (Å²) in [7, 11) is 0. The monoisotopic (exact) mass is 290 g/mol. The van der Waals surface area contributed by atoms with Gasteiger partial charge in [0.1, 0.15) is 5.82 Å². The summed E-state index contributed by atoms with van der Waals surface area (Å²) in [5.74, 6) is 1.59. The molecule has 5 nitrogen and oxygen atoms in total. The van der Waals surface area contributed by atoms with Crippen molar-refractivity contribution < 1.29 is 4.79 Å². The molecule has 106 valence electrons. The summed E-state index contributed by atoms with van der Waals surface area (Å²) >= 11 is 1.59. The second kappa shape index (κ2) is 5.66. The van der Waals surface area contributed by atoms with Gasteiger partial charge in [0.2, 0.25) is 0 Å². The highest BCUT2D eigenvalue weighted by atomic mass is 32.1. The minimum Gasteiger partial charge on any atom is -0.338 e. The van der Waals surface area contributed by atoms with Crippen LogP contribution < -0.4 is 10.6 Å². The molecule has 2 amide bonds. The molecule has 2 aromatic heterocycles. The molecular formula is C14H18N4OS. The topological polar surface area (TPSA) is 59.0 Å². The second-order valence-corrected chi connectivity index (χ2v) is 5.94. The molecule has 0 aromatic carbocycles. The van der Waals surface area contributed by atoms with E-state index in [-0.39, 0.29) is 6.03 Å². The van der Waals surface area contributed by atoms with Crippen LogP contribution >= 0.6 is 11.3 Å². The van der Waals surface area contributed by atoms with Crippen molar-refractivity contribution in [1.82, 2.24) is 14.9 Å². The third-order valence-electron chi connectivity index (χ3n) is 3.71. The van der Waals surface area contributed by atoms with E-state index in [2.05, 4.69) is 20.2 Å². The molecule has 6 heteroatoms. The zero-order chi connectivity index (χ0) is 13.9. The zero-order valence-electron chi connectivity index (χ0n) is 11.4. The van der Waals surface area contributed by atoms with E-state index in [0.717, 1.165) is 36.5 Å². The van der Waals surface area contributed by atoms with Crippen LogP contribution in [-0.4, -0.2) is 22.1 Å². The van der Waals surface area contributed by atoms with E-state index in [9.17, 15) is 4.79 Å². The SMILES string of the molecule is Cc1cscc1NC(=O)NC[C@@H]1CCn2ccnc2C1. The Morgan fingerprint density at radius 2 is 2.45 bits per heavy atom. The number of anilines is 1. The molecule has 1 atom stereocenters.